The molecule has 2 unspecified atom stereocenters. The first-order valence-electron chi connectivity index (χ1n) is 2.82. The van der Waals surface area contributed by atoms with Crippen molar-refractivity contribution in [2.45, 2.75) is 24.9 Å². The van der Waals surface area contributed by atoms with Crippen LogP contribution in [-0.2, 0) is 0 Å². The summed E-state index contributed by atoms with van der Waals surface area (Å²) in [5.74, 6) is 0. The summed E-state index contributed by atoms with van der Waals surface area (Å²) in [6.45, 7) is 0. The van der Waals surface area contributed by atoms with Crippen LogP contribution in [0.3, 0.4) is 0 Å². The SMILES string of the molecule is PC1C=CCCC1. The lowest BCUT2D eigenvalue weighted by Gasteiger charge is -2.08. The summed E-state index contributed by atoms with van der Waals surface area (Å²) in [5.41, 5.74) is 0.772. The third-order valence-electron chi connectivity index (χ3n) is 1.29. The minimum atomic E-state index is 0.772. The maximum absolute atomic E-state index is 2.82. The highest BCUT2D eigenvalue weighted by Gasteiger charge is 1.99. The van der Waals surface area contributed by atoms with E-state index in [2.05, 4.69) is 21.4 Å². The van der Waals surface area contributed by atoms with Crippen LogP contribution in [0.4, 0.5) is 0 Å². The monoisotopic (exact) mass is 114 g/mol. The van der Waals surface area contributed by atoms with Crippen molar-refractivity contribution in [2.24, 2.45) is 0 Å². The molecular formula is C6H11P. The molecule has 1 rings (SSSR count). The van der Waals surface area contributed by atoms with E-state index in [1.165, 1.54) is 19.3 Å². The molecule has 0 N–H and O–H groups in total. The first-order valence-corrected chi connectivity index (χ1v) is 3.48. The third kappa shape index (κ3) is 1.61. The smallest absolute Gasteiger partial charge is 0.00856 e. The van der Waals surface area contributed by atoms with Gasteiger partial charge in [0.2, 0.25) is 0 Å². The molecule has 0 aliphatic heterocycles. The summed E-state index contributed by atoms with van der Waals surface area (Å²) in [7, 11) is 2.82. The second-order valence-electron chi connectivity index (χ2n) is 2.02. The molecule has 1 aliphatic carbocycles. The highest BCUT2D eigenvalue weighted by atomic mass is 31.0. The van der Waals surface area contributed by atoms with Gasteiger partial charge in [-0.15, -0.1) is 9.24 Å². The zero-order chi connectivity index (χ0) is 5.11. The van der Waals surface area contributed by atoms with E-state index >= 15 is 0 Å². The van der Waals surface area contributed by atoms with Gasteiger partial charge in [-0.2, -0.15) is 0 Å². The van der Waals surface area contributed by atoms with Gasteiger partial charge >= 0.3 is 0 Å². The Bertz CT molecular complexity index is 76.2. The lowest BCUT2D eigenvalue weighted by Crippen LogP contribution is -1.95. The Morgan fingerprint density at radius 2 is 2.43 bits per heavy atom. The van der Waals surface area contributed by atoms with Crippen molar-refractivity contribution in [3.05, 3.63) is 12.2 Å². The maximum atomic E-state index is 2.82. The molecule has 0 saturated heterocycles. The van der Waals surface area contributed by atoms with E-state index < -0.39 is 0 Å². The Kier molecular flexibility index (Phi) is 1.87. The van der Waals surface area contributed by atoms with Gasteiger partial charge in [0.15, 0.2) is 0 Å². The second kappa shape index (κ2) is 2.47. The summed E-state index contributed by atoms with van der Waals surface area (Å²) in [6, 6.07) is 0. The number of hydrogen-bond donors (Lipinski definition) is 0. The minimum absolute atomic E-state index is 0.772. The Morgan fingerprint density at radius 3 is 2.71 bits per heavy atom. The number of hydrogen-bond acceptors (Lipinski definition) is 0. The third-order valence-corrected chi connectivity index (χ3v) is 1.85. The van der Waals surface area contributed by atoms with Crippen LogP contribution in [0, 0.1) is 0 Å². The Morgan fingerprint density at radius 1 is 1.57 bits per heavy atom. The average Bonchev–Trinajstić information content (AvgIpc) is 1.69. The second-order valence-corrected chi connectivity index (χ2v) is 2.88. The normalized spacial score (nSPS) is 30.7. The van der Waals surface area contributed by atoms with E-state index in [0.29, 0.717) is 0 Å². The molecule has 0 heterocycles. The van der Waals surface area contributed by atoms with E-state index in [-0.39, 0.29) is 0 Å². The van der Waals surface area contributed by atoms with Gasteiger partial charge in [-0.25, -0.2) is 0 Å². The van der Waals surface area contributed by atoms with Gasteiger partial charge in [-0.1, -0.05) is 12.2 Å². The van der Waals surface area contributed by atoms with Crippen molar-refractivity contribution in [1.29, 1.82) is 0 Å². The zero-order valence-electron chi connectivity index (χ0n) is 4.43. The van der Waals surface area contributed by atoms with Crippen molar-refractivity contribution in [2.75, 3.05) is 0 Å². The first-order chi connectivity index (χ1) is 3.39. The summed E-state index contributed by atoms with van der Waals surface area (Å²) < 4.78 is 0. The van der Waals surface area contributed by atoms with E-state index in [1.807, 2.05) is 0 Å². The van der Waals surface area contributed by atoms with Crippen LogP contribution in [0.15, 0.2) is 12.2 Å². The summed E-state index contributed by atoms with van der Waals surface area (Å²) in [4.78, 5) is 0. The van der Waals surface area contributed by atoms with Crippen LogP contribution < -0.4 is 0 Å². The molecule has 0 aromatic rings. The summed E-state index contributed by atoms with van der Waals surface area (Å²) in [5, 5.41) is 0. The Balaban J connectivity index is 2.36. The molecule has 0 nitrogen and oxygen atoms in total. The van der Waals surface area contributed by atoms with Gasteiger partial charge in [0.1, 0.15) is 0 Å². The molecule has 1 aliphatic rings. The molecule has 7 heavy (non-hydrogen) atoms. The predicted molar refractivity (Wildman–Crippen MR) is 36.5 cm³/mol. The first kappa shape index (κ1) is 5.31. The van der Waals surface area contributed by atoms with E-state index in [4.69, 9.17) is 0 Å². The minimum Gasteiger partial charge on any atom is -0.130 e. The molecule has 40 valence electrons. The van der Waals surface area contributed by atoms with Crippen molar-refractivity contribution >= 4 is 9.24 Å². The predicted octanol–water partition coefficient (Wildman–Crippen LogP) is 1.97. The molecule has 0 aromatic heterocycles. The molecular weight excluding hydrogens is 103 g/mol. The van der Waals surface area contributed by atoms with E-state index in [1.54, 1.807) is 0 Å². The number of allylic oxidation sites excluding steroid dienone is 2. The molecule has 0 amide bonds. The Hall–Kier alpha value is 0.170. The highest BCUT2D eigenvalue weighted by Crippen LogP contribution is 2.16. The number of rotatable bonds is 0. The van der Waals surface area contributed by atoms with Crippen LogP contribution in [0.2, 0.25) is 0 Å². The van der Waals surface area contributed by atoms with Crippen LogP contribution >= 0.6 is 9.24 Å². The molecule has 0 radical (unpaired) electrons. The summed E-state index contributed by atoms with van der Waals surface area (Å²) in [6.07, 6.45) is 8.58. The molecule has 1 heteroatoms. The maximum Gasteiger partial charge on any atom is -0.00856 e. The molecule has 0 aromatic carbocycles. The summed E-state index contributed by atoms with van der Waals surface area (Å²) >= 11 is 0. The van der Waals surface area contributed by atoms with Crippen LogP contribution in [0.25, 0.3) is 0 Å². The lowest BCUT2D eigenvalue weighted by atomic mass is 10.1. The van der Waals surface area contributed by atoms with Gasteiger partial charge in [-0.3, -0.25) is 0 Å². The average molecular weight is 114 g/mol. The van der Waals surface area contributed by atoms with E-state index in [9.17, 15) is 0 Å². The van der Waals surface area contributed by atoms with Crippen molar-refractivity contribution in [1.82, 2.24) is 0 Å². The molecule has 0 spiro atoms. The van der Waals surface area contributed by atoms with Crippen molar-refractivity contribution in [3.63, 3.8) is 0 Å². The zero-order valence-corrected chi connectivity index (χ0v) is 5.59. The van der Waals surface area contributed by atoms with Gasteiger partial charge in [0, 0.05) is 0 Å². The molecule has 0 saturated carbocycles. The largest absolute Gasteiger partial charge is 0.130 e. The van der Waals surface area contributed by atoms with Gasteiger partial charge in [0.05, 0.1) is 0 Å². The van der Waals surface area contributed by atoms with Crippen LogP contribution in [0.1, 0.15) is 19.3 Å². The molecule has 2 atom stereocenters. The standard InChI is InChI=1S/C6H11P/c7-6-4-2-1-3-5-6/h2,4,6H,1,3,5,7H2. The van der Waals surface area contributed by atoms with Gasteiger partial charge < -0.3 is 0 Å². The topological polar surface area (TPSA) is 0 Å². The molecule has 0 bridgehead atoms. The Labute approximate surface area is 47.2 Å². The van der Waals surface area contributed by atoms with Gasteiger partial charge in [-0.05, 0) is 24.9 Å². The fraction of sp³-hybridized carbons (Fsp3) is 0.667. The molecule has 0 fully saturated rings. The quantitative estimate of drug-likeness (QED) is 0.333. The fourth-order valence-corrected chi connectivity index (χ4v) is 1.23. The van der Waals surface area contributed by atoms with Crippen LogP contribution in [-0.4, -0.2) is 5.66 Å². The van der Waals surface area contributed by atoms with Gasteiger partial charge in [0.25, 0.3) is 0 Å². The van der Waals surface area contributed by atoms with Crippen molar-refractivity contribution < 1.29 is 0 Å². The highest BCUT2D eigenvalue weighted by molar-refractivity contribution is 7.17. The fourth-order valence-electron chi connectivity index (χ4n) is 0.839. The van der Waals surface area contributed by atoms with Crippen LogP contribution in [0.5, 0.6) is 0 Å². The lowest BCUT2D eigenvalue weighted by molar-refractivity contribution is 0.741. The van der Waals surface area contributed by atoms with E-state index in [0.717, 1.165) is 5.66 Å². The van der Waals surface area contributed by atoms with Crippen molar-refractivity contribution in [3.8, 4) is 0 Å².